The van der Waals surface area contributed by atoms with Crippen molar-refractivity contribution in [2.45, 2.75) is 29.5 Å². The van der Waals surface area contributed by atoms with Gasteiger partial charge in [-0.1, -0.05) is 36.4 Å². The van der Waals surface area contributed by atoms with Crippen molar-refractivity contribution in [3.63, 3.8) is 0 Å². The predicted molar refractivity (Wildman–Crippen MR) is 119 cm³/mol. The van der Waals surface area contributed by atoms with Crippen LogP contribution in [0.5, 0.6) is 0 Å². The molecule has 1 spiro atoms. The second-order valence-corrected chi connectivity index (χ2v) is 10.9. The molecule has 0 radical (unpaired) electrons. The van der Waals surface area contributed by atoms with Gasteiger partial charge in [-0.05, 0) is 30.5 Å². The minimum Gasteiger partial charge on any atom is -0.334 e. The maximum atomic E-state index is 13.0. The van der Waals surface area contributed by atoms with Crippen molar-refractivity contribution >= 4 is 41.1 Å². The van der Waals surface area contributed by atoms with Crippen molar-refractivity contribution in [1.29, 1.82) is 0 Å². The topological polar surface area (TPSA) is 61.4 Å². The highest BCUT2D eigenvalue weighted by atomic mass is 32.2. The van der Waals surface area contributed by atoms with Crippen molar-refractivity contribution in [2.75, 3.05) is 23.4 Å². The van der Waals surface area contributed by atoms with E-state index in [-0.39, 0.29) is 22.1 Å². The Labute approximate surface area is 179 Å². The number of anilines is 1. The van der Waals surface area contributed by atoms with Crippen LogP contribution in [0.25, 0.3) is 0 Å². The molecule has 29 heavy (non-hydrogen) atoms. The minimum absolute atomic E-state index is 0.0509. The molecule has 0 saturated carbocycles. The highest BCUT2D eigenvalue weighted by Gasteiger charge is 2.49. The van der Waals surface area contributed by atoms with Crippen LogP contribution in [0.4, 0.5) is 10.5 Å². The summed E-state index contributed by atoms with van der Waals surface area (Å²) in [6.07, 6.45) is 1.99. The third-order valence-corrected chi connectivity index (χ3v) is 9.48. The lowest BCUT2D eigenvalue weighted by Crippen LogP contribution is -2.41. The molecule has 3 aliphatic heterocycles. The number of fused-ring (bicyclic) bond motifs is 3. The largest absolute Gasteiger partial charge is 0.334 e. The van der Waals surface area contributed by atoms with E-state index in [0.717, 1.165) is 41.8 Å². The van der Waals surface area contributed by atoms with E-state index < -0.39 is 0 Å². The molecule has 150 valence electrons. The number of rotatable bonds is 3. The molecular weight excluding hydrogens is 402 g/mol. The summed E-state index contributed by atoms with van der Waals surface area (Å²) >= 11 is 4.08. The summed E-state index contributed by atoms with van der Waals surface area (Å²) in [5.41, 5.74) is 3.52. The molecule has 7 heteroatoms. The van der Waals surface area contributed by atoms with Gasteiger partial charge in [0.25, 0.3) is 5.91 Å². The molecule has 2 saturated heterocycles. The fraction of sp³-hybridized carbons (Fsp3) is 0.364. The van der Waals surface area contributed by atoms with E-state index in [0.29, 0.717) is 6.54 Å². The molecular formula is C22H23N3O2S2. The summed E-state index contributed by atoms with van der Waals surface area (Å²) in [5, 5.41) is 5.92. The van der Waals surface area contributed by atoms with Crippen molar-refractivity contribution in [3.05, 3.63) is 65.2 Å². The van der Waals surface area contributed by atoms with Crippen LogP contribution in [0, 0.1) is 0 Å². The lowest BCUT2D eigenvalue weighted by molar-refractivity contribution is 0.0669. The first kappa shape index (κ1) is 18.9. The van der Waals surface area contributed by atoms with Gasteiger partial charge >= 0.3 is 6.03 Å². The second-order valence-electron chi connectivity index (χ2n) is 7.64. The first-order valence-electron chi connectivity index (χ1n) is 9.96. The molecule has 2 N–H and O–H groups in total. The van der Waals surface area contributed by atoms with Gasteiger partial charge in [-0.15, -0.1) is 23.5 Å². The third kappa shape index (κ3) is 3.51. The molecule has 3 amide bonds. The lowest BCUT2D eigenvalue weighted by Gasteiger charge is -2.41. The standard InChI is InChI=1S/C22H23N3O2S2/c26-20-16-7-4-8-17(24-21(27)23-14-15-5-2-1-3-6-15)19(16)18-13-22(9-10-25(18)20)28-11-12-29-22/h1-8,18H,9-14H2,(H2,23,24,27). The van der Waals surface area contributed by atoms with E-state index in [1.54, 1.807) is 0 Å². The molecule has 3 heterocycles. The van der Waals surface area contributed by atoms with E-state index in [1.165, 1.54) is 11.5 Å². The quantitative estimate of drug-likeness (QED) is 0.761. The first-order chi connectivity index (χ1) is 14.2. The monoisotopic (exact) mass is 425 g/mol. The zero-order valence-electron chi connectivity index (χ0n) is 16.0. The Morgan fingerprint density at radius 3 is 2.69 bits per heavy atom. The molecule has 5 rings (SSSR count). The maximum Gasteiger partial charge on any atom is 0.319 e. The van der Waals surface area contributed by atoms with Gasteiger partial charge in [0.05, 0.1) is 10.1 Å². The smallest absolute Gasteiger partial charge is 0.319 e. The summed E-state index contributed by atoms with van der Waals surface area (Å²) in [7, 11) is 0. The average Bonchev–Trinajstić information content (AvgIpc) is 3.31. The Balaban J connectivity index is 1.36. The number of benzene rings is 2. The Morgan fingerprint density at radius 2 is 1.90 bits per heavy atom. The van der Waals surface area contributed by atoms with Crippen molar-refractivity contribution in [3.8, 4) is 0 Å². The van der Waals surface area contributed by atoms with Gasteiger partial charge in [0.2, 0.25) is 0 Å². The Hall–Kier alpha value is -2.12. The molecule has 0 bridgehead atoms. The molecule has 3 aliphatic rings. The highest BCUT2D eigenvalue weighted by Crippen LogP contribution is 2.57. The molecule has 0 aromatic heterocycles. The summed E-state index contributed by atoms with van der Waals surface area (Å²) in [6.45, 7) is 1.25. The number of nitrogens with one attached hydrogen (secondary N) is 2. The van der Waals surface area contributed by atoms with Crippen LogP contribution in [-0.4, -0.2) is 39.0 Å². The first-order valence-corrected chi connectivity index (χ1v) is 11.9. The number of hydrogen-bond donors (Lipinski definition) is 2. The molecule has 0 aliphatic carbocycles. The van der Waals surface area contributed by atoms with Crippen LogP contribution in [-0.2, 0) is 6.54 Å². The van der Waals surface area contributed by atoms with E-state index in [9.17, 15) is 9.59 Å². The Bertz CT molecular complexity index is 944. The van der Waals surface area contributed by atoms with Crippen LogP contribution in [0.2, 0.25) is 0 Å². The van der Waals surface area contributed by atoms with Gasteiger partial charge in [0, 0.05) is 41.4 Å². The molecule has 2 aromatic carbocycles. The molecule has 2 fully saturated rings. The third-order valence-electron chi connectivity index (χ3n) is 5.90. The fourth-order valence-corrected chi connectivity index (χ4v) is 7.80. The maximum absolute atomic E-state index is 13.0. The van der Waals surface area contributed by atoms with Crippen molar-refractivity contribution in [1.82, 2.24) is 10.2 Å². The van der Waals surface area contributed by atoms with Gasteiger partial charge < -0.3 is 15.5 Å². The highest BCUT2D eigenvalue weighted by molar-refractivity contribution is 8.21. The van der Waals surface area contributed by atoms with E-state index in [2.05, 4.69) is 10.6 Å². The van der Waals surface area contributed by atoms with Crippen LogP contribution in [0.15, 0.2) is 48.5 Å². The minimum atomic E-state index is -0.247. The predicted octanol–water partition coefficient (Wildman–Crippen LogP) is 4.48. The number of amides is 3. The van der Waals surface area contributed by atoms with Gasteiger partial charge in [0.1, 0.15) is 0 Å². The Morgan fingerprint density at radius 1 is 1.10 bits per heavy atom. The zero-order chi connectivity index (χ0) is 19.8. The molecule has 2 aromatic rings. The number of carbonyl (C=O) groups excluding carboxylic acids is 2. The Kier molecular flexibility index (Phi) is 4.95. The van der Waals surface area contributed by atoms with Gasteiger partial charge in [0.15, 0.2) is 0 Å². The van der Waals surface area contributed by atoms with Gasteiger partial charge in [-0.3, -0.25) is 4.79 Å². The van der Waals surface area contributed by atoms with Gasteiger partial charge in [-0.2, -0.15) is 0 Å². The van der Waals surface area contributed by atoms with E-state index in [1.807, 2.05) is 77.0 Å². The molecule has 1 unspecified atom stereocenters. The molecule has 5 nitrogen and oxygen atoms in total. The second kappa shape index (κ2) is 7.61. The molecule has 1 atom stereocenters. The summed E-state index contributed by atoms with van der Waals surface area (Å²) in [6, 6.07) is 15.3. The zero-order valence-corrected chi connectivity index (χ0v) is 17.7. The van der Waals surface area contributed by atoms with Gasteiger partial charge in [-0.25, -0.2) is 4.79 Å². The average molecular weight is 426 g/mol. The normalized spacial score (nSPS) is 21.7. The van der Waals surface area contributed by atoms with Crippen LogP contribution in [0.3, 0.4) is 0 Å². The van der Waals surface area contributed by atoms with E-state index in [4.69, 9.17) is 0 Å². The fourth-order valence-electron chi connectivity index (χ4n) is 4.53. The number of piperidine rings is 1. The van der Waals surface area contributed by atoms with Crippen molar-refractivity contribution in [2.24, 2.45) is 0 Å². The van der Waals surface area contributed by atoms with Crippen LogP contribution in [0.1, 0.15) is 40.4 Å². The lowest BCUT2D eigenvalue weighted by atomic mass is 9.95. The van der Waals surface area contributed by atoms with Crippen LogP contribution < -0.4 is 10.6 Å². The summed E-state index contributed by atoms with van der Waals surface area (Å²) < 4.78 is 0.214. The summed E-state index contributed by atoms with van der Waals surface area (Å²) in [5.74, 6) is 2.46. The number of urea groups is 1. The summed E-state index contributed by atoms with van der Waals surface area (Å²) in [4.78, 5) is 27.5. The number of carbonyl (C=O) groups is 2. The van der Waals surface area contributed by atoms with Crippen molar-refractivity contribution < 1.29 is 9.59 Å². The van der Waals surface area contributed by atoms with Crippen LogP contribution >= 0.6 is 23.5 Å². The SMILES string of the molecule is O=C(NCc1ccccc1)Nc1cccc2c1C1CC3(CCN1C2=O)SCCS3. The number of hydrogen-bond acceptors (Lipinski definition) is 4. The number of thioether (sulfide) groups is 2. The van der Waals surface area contributed by atoms with E-state index >= 15 is 0 Å². The number of nitrogens with zero attached hydrogens (tertiary/aromatic N) is 1.